The average Bonchev–Trinajstić information content (AvgIpc) is 2.66. The SMILES string of the molecule is CC#CCN1C(=O)C(F)(F)Oc2cc(F)c(-c3c(F)c(F)c(F)c(F)c3F)cc21. The summed E-state index contributed by atoms with van der Waals surface area (Å²) in [6, 6.07) is 0.711. The number of benzene rings is 2. The third kappa shape index (κ3) is 3.14. The van der Waals surface area contributed by atoms with Crippen molar-refractivity contribution in [1.82, 2.24) is 0 Å². The smallest absolute Gasteiger partial charge is 0.423 e. The second-order valence-corrected chi connectivity index (χ2v) is 5.68. The number of carbonyl (C=O) groups is 1. The molecule has 2 aromatic carbocycles. The van der Waals surface area contributed by atoms with Crippen molar-refractivity contribution in [2.45, 2.75) is 13.0 Å². The van der Waals surface area contributed by atoms with E-state index in [1.54, 1.807) is 0 Å². The van der Waals surface area contributed by atoms with Gasteiger partial charge >= 0.3 is 12.0 Å². The van der Waals surface area contributed by atoms with E-state index in [4.69, 9.17) is 0 Å². The number of fused-ring (bicyclic) bond motifs is 1. The van der Waals surface area contributed by atoms with Gasteiger partial charge in [-0.05, 0) is 13.0 Å². The third-order valence-electron chi connectivity index (χ3n) is 3.96. The largest absolute Gasteiger partial charge is 0.483 e. The van der Waals surface area contributed by atoms with Gasteiger partial charge in [-0.15, -0.1) is 5.92 Å². The highest BCUT2D eigenvalue weighted by molar-refractivity contribution is 6.02. The fourth-order valence-corrected chi connectivity index (χ4v) is 2.63. The minimum Gasteiger partial charge on any atom is -0.423 e. The predicted octanol–water partition coefficient (Wildman–Crippen LogP) is 4.53. The summed E-state index contributed by atoms with van der Waals surface area (Å²) in [5, 5.41) is 0. The number of anilines is 1. The van der Waals surface area contributed by atoms with Crippen molar-refractivity contribution in [1.29, 1.82) is 0 Å². The molecule has 3 nitrogen and oxygen atoms in total. The fourth-order valence-electron chi connectivity index (χ4n) is 2.63. The van der Waals surface area contributed by atoms with E-state index in [-0.39, 0.29) is 6.07 Å². The summed E-state index contributed by atoms with van der Waals surface area (Å²) in [7, 11) is 0. The van der Waals surface area contributed by atoms with Crippen molar-refractivity contribution in [2.24, 2.45) is 0 Å². The molecule has 1 aliphatic heterocycles. The van der Waals surface area contributed by atoms with Crippen LogP contribution in [-0.4, -0.2) is 18.6 Å². The van der Waals surface area contributed by atoms with Crippen LogP contribution >= 0.6 is 0 Å². The molecule has 0 radical (unpaired) electrons. The maximum Gasteiger partial charge on any atom is 0.483 e. The van der Waals surface area contributed by atoms with E-state index in [1.807, 2.05) is 0 Å². The molecule has 2 aromatic rings. The van der Waals surface area contributed by atoms with Crippen LogP contribution < -0.4 is 9.64 Å². The van der Waals surface area contributed by atoms with Gasteiger partial charge in [-0.2, -0.15) is 8.78 Å². The molecule has 0 N–H and O–H groups in total. The highest BCUT2D eigenvalue weighted by Crippen LogP contribution is 2.44. The summed E-state index contributed by atoms with van der Waals surface area (Å²) in [5.74, 6) is -11.6. The molecule has 0 spiro atoms. The van der Waals surface area contributed by atoms with Gasteiger partial charge in [0.25, 0.3) is 0 Å². The van der Waals surface area contributed by atoms with Crippen molar-refractivity contribution in [3.05, 3.63) is 47.0 Å². The molecule has 1 aliphatic rings. The number of halogens is 8. The van der Waals surface area contributed by atoms with Crippen molar-refractivity contribution < 1.29 is 44.7 Å². The molecule has 3 rings (SSSR count). The highest BCUT2D eigenvalue weighted by atomic mass is 19.3. The van der Waals surface area contributed by atoms with E-state index >= 15 is 0 Å². The minimum absolute atomic E-state index is 0.245. The zero-order valence-corrected chi connectivity index (χ0v) is 14.1. The van der Waals surface area contributed by atoms with E-state index in [0.717, 1.165) is 0 Å². The molecule has 0 bridgehead atoms. The number of hydrogen-bond donors (Lipinski definition) is 0. The molecule has 0 fully saturated rings. The van der Waals surface area contributed by atoms with Gasteiger partial charge in [-0.3, -0.25) is 9.69 Å². The first-order valence-corrected chi connectivity index (χ1v) is 7.65. The summed E-state index contributed by atoms with van der Waals surface area (Å²) in [4.78, 5) is 12.2. The normalized spacial score (nSPS) is 14.8. The van der Waals surface area contributed by atoms with E-state index in [1.165, 1.54) is 6.92 Å². The van der Waals surface area contributed by atoms with Crippen molar-refractivity contribution >= 4 is 11.6 Å². The Morgan fingerprint density at radius 3 is 2.07 bits per heavy atom. The molecule has 0 aliphatic carbocycles. The van der Waals surface area contributed by atoms with Crippen LogP contribution in [0.3, 0.4) is 0 Å². The summed E-state index contributed by atoms with van der Waals surface area (Å²) in [5.41, 5.74) is -3.38. The second kappa shape index (κ2) is 6.95. The van der Waals surface area contributed by atoms with E-state index in [2.05, 4.69) is 16.6 Å². The van der Waals surface area contributed by atoms with Gasteiger partial charge in [0.15, 0.2) is 29.0 Å². The first kappa shape index (κ1) is 20.4. The van der Waals surface area contributed by atoms with Crippen molar-refractivity contribution in [2.75, 3.05) is 11.4 Å². The molecule has 152 valence electrons. The number of ether oxygens (including phenoxy) is 1. The maximum absolute atomic E-state index is 14.4. The monoisotopic (exact) mass is 421 g/mol. The molecule has 11 heteroatoms. The first-order valence-electron chi connectivity index (χ1n) is 7.65. The fraction of sp³-hybridized carbons (Fsp3) is 0.167. The first-order chi connectivity index (χ1) is 13.5. The molecule has 0 saturated heterocycles. The van der Waals surface area contributed by atoms with Gasteiger partial charge in [-0.1, -0.05) is 5.92 Å². The standard InChI is InChI=1S/C18H7F8NO2/c1-2-3-4-27-9-5-7(8(19)6-10(9)29-18(25,26)17(27)28)11-12(20)14(22)16(24)15(23)13(11)21/h5-6H,4H2,1H3. The van der Waals surface area contributed by atoms with E-state index < -0.39 is 76.0 Å². The summed E-state index contributed by atoms with van der Waals surface area (Å²) in [6.45, 7) is 0.693. The van der Waals surface area contributed by atoms with Crippen LogP contribution in [0.25, 0.3) is 11.1 Å². The molecule has 1 amide bonds. The van der Waals surface area contributed by atoms with Crippen LogP contribution in [0.2, 0.25) is 0 Å². The number of hydrogen-bond acceptors (Lipinski definition) is 2. The van der Waals surface area contributed by atoms with Gasteiger partial charge in [0, 0.05) is 11.6 Å². The lowest BCUT2D eigenvalue weighted by Gasteiger charge is -2.32. The Bertz CT molecular complexity index is 1070. The van der Waals surface area contributed by atoms with E-state index in [9.17, 15) is 39.9 Å². The zero-order chi connectivity index (χ0) is 21.7. The van der Waals surface area contributed by atoms with Gasteiger partial charge in [0.05, 0.1) is 17.8 Å². The van der Waals surface area contributed by atoms with Crippen molar-refractivity contribution in [3.63, 3.8) is 0 Å². The minimum atomic E-state index is -4.39. The Morgan fingerprint density at radius 2 is 1.52 bits per heavy atom. The van der Waals surface area contributed by atoms with Crippen LogP contribution in [0.1, 0.15) is 6.92 Å². The van der Waals surface area contributed by atoms with Gasteiger partial charge in [-0.25, -0.2) is 26.3 Å². The average molecular weight is 421 g/mol. The maximum atomic E-state index is 14.4. The van der Waals surface area contributed by atoms with E-state index in [0.29, 0.717) is 11.0 Å². The lowest BCUT2D eigenvalue weighted by molar-refractivity contribution is -0.192. The summed E-state index contributed by atoms with van der Waals surface area (Å²) < 4.78 is 114. The Labute approximate surface area is 157 Å². The lowest BCUT2D eigenvalue weighted by atomic mass is 10.0. The molecular formula is C18H7F8NO2. The van der Waals surface area contributed by atoms with Crippen molar-refractivity contribution in [3.8, 4) is 28.7 Å². The molecule has 0 atom stereocenters. The number of carbonyl (C=O) groups excluding carboxylic acids is 1. The summed E-state index contributed by atoms with van der Waals surface area (Å²) in [6.07, 6.45) is -4.39. The van der Waals surface area contributed by atoms with Crippen LogP contribution in [-0.2, 0) is 4.79 Å². The van der Waals surface area contributed by atoms with Crippen LogP contribution in [0.15, 0.2) is 12.1 Å². The molecule has 1 heterocycles. The van der Waals surface area contributed by atoms with Gasteiger partial charge < -0.3 is 4.74 Å². The Morgan fingerprint density at radius 1 is 0.966 bits per heavy atom. The number of amides is 1. The van der Waals surface area contributed by atoms with Gasteiger partial charge in [0.2, 0.25) is 5.82 Å². The Hall–Kier alpha value is -3.29. The Kier molecular flexibility index (Phi) is 4.90. The number of nitrogens with zero attached hydrogens (tertiary/aromatic N) is 1. The molecule has 29 heavy (non-hydrogen) atoms. The predicted molar refractivity (Wildman–Crippen MR) is 83.0 cm³/mol. The topological polar surface area (TPSA) is 29.5 Å². The molecule has 0 unspecified atom stereocenters. The quantitative estimate of drug-likeness (QED) is 0.309. The molecular weight excluding hydrogens is 414 g/mol. The van der Waals surface area contributed by atoms with Gasteiger partial charge in [0.1, 0.15) is 5.82 Å². The second-order valence-electron chi connectivity index (χ2n) is 5.68. The zero-order valence-electron chi connectivity index (χ0n) is 14.1. The summed E-state index contributed by atoms with van der Waals surface area (Å²) >= 11 is 0. The lowest BCUT2D eigenvalue weighted by Crippen LogP contribution is -2.51. The number of rotatable bonds is 2. The third-order valence-corrected chi connectivity index (χ3v) is 3.96. The van der Waals surface area contributed by atoms with Crippen LogP contribution in [0, 0.1) is 46.7 Å². The highest BCUT2D eigenvalue weighted by Gasteiger charge is 2.50. The van der Waals surface area contributed by atoms with Crippen LogP contribution in [0.4, 0.5) is 40.8 Å². The Balaban J connectivity index is 2.30. The number of alkyl halides is 2. The van der Waals surface area contributed by atoms with Crippen LogP contribution in [0.5, 0.6) is 5.75 Å². The molecule has 0 aromatic heterocycles. The molecule has 0 saturated carbocycles.